The molecule has 4 atom stereocenters. The summed E-state index contributed by atoms with van der Waals surface area (Å²) in [6.07, 6.45) is 22.3. The number of hydrogen-bond acceptors (Lipinski definition) is 9. The minimum atomic E-state index is -4.83. The average Bonchev–Trinajstić information content (AvgIpc) is 3.00. The normalized spacial score (nSPS) is 15.4. The van der Waals surface area contributed by atoms with Crippen LogP contribution in [0.1, 0.15) is 104 Å². The second-order valence-corrected chi connectivity index (χ2v) is 13.0. The molecule has 0 fully saturated rings. The fourth-order valence-corrected chi connectivity index (χ4v) is 4.55. The van der Waals surface area contributed by atoms with Crippen molar-refractivity contribution in [2.75, 3.05) is 13.2 Å². The molecule has 0 aromatic rings. The first-order valence-corrected chi connectivity index (χ1v) is 18.3. The van der Waals surface area contributed by atoms with Gasteiger partial charge >= 0.3 is 19.8 Å². The van der Waals surface area contributed by atoms with E-state index in [2.05, 4.69) is 18.4 Å². The number of phosphoric ester groups is 1. The molecule has 0 aromatic carbocycles. The summed E-state index contributed by atoms with van der Waals surface area (Å²) in [5.41, 5.74) is 0. The molecule has 11 nitrogen and oxygen atoms in total. The molecule has 0 aromatic heterocycles. The van der Waals surface area contributed by atoms with Gasteiger partial charge in [-0.1, -0.05) is 120 Å². The number of aliphatic hydroxyl groups is 3. The monoisotopic (exact) mass is 686 g/mol. The van der Waals surface area contributed by atoms with Crippen LogP contribution in [0.2, 0.25) is 0 Å². The number of allylic oxidation sites excluding steroid dienone is 7. The largest absolute Gasteiger partial charge is 0.469 e. The van der Waals surface area contributed by atoms with E-state index in [1.807, 2.05) is 19.1 Å². The Bertz CT molecular complexity index is 1010. The topological polar surface area (TPSA) is 180 Å². The van der Waals surface area contributed by atoms with E-state index < -0.39 is 57.4 Å². The second-order valence-electron chi connectivity index (χ2n) is 11.8. The molecule has 0 spiro atoms. The van der Waals surface area contributed by atoms with Crippen molar-refractivity contribution >= 4 is 19.8 Å². The summed E-state index contributed by atoms with van der Waals surface area (Å²) in [4.78, 5) is 42.5. The first-order chi connectivity index (χ1) is 22.3. The van der Waals surface area contributed by atoms with Gasteiger partial charge in [0.2, 0.25) is 0 Å². The molecule has 0 aliphatic rings. The molecular formula is C35H59O11P. The molecule has 47 heavy (non-hydrogen) atoms. The second kappa shape index (κ2) is 28.6. The van der Waals surface area contributed by atoms with Crippen LogP contribution in [-0.2, 0) is 28.2 Å². The third-order valence-electron chi connectivity index (χ3n) is 6.82. The van der Waals surface area contributed by atoms with Gasteiger partial charge in [-0.25, -0.2) is 4.57 Å². The van der Waals surface area contributed by atoms with Gasteiger partial charge in [0.15, 0.2) is 6.10 Å². The Morgan fingerprint density at radius 3 is 1.96 bits per heavy atom. The standard InChI is InChI=1S/C35H59O11P/c1-4-5-14-21-30(36)22-16-11-7-8-12-17-23-32(37)33(38)24-19-26-34(39)44-27-31(28-45-47(41,42)43)46-35(40)25-18-13-9-6-10-15-20-29(2)3/h5,7-8,11-12,14,16-17,22-23,29-33,36-38H,4,6,9-10,13,15,18-21,24-28H2,1-3H3,(H2,41,42,43)/b11-7+,12-8-,14-5-,22-16+,23-17-/t30-,31-,32+,33+/m1/s1. The molecule has 0 unspecified atom stereocenters. The first-order valence-electron chi connectivity index (χ1n) is 16.8. The lowest BCUT2D eigenvalue weighted by molar-refractivity contribution is -0.161. The maximum atomic E-state index is 12.3. The number of aliphatic hydroxyl groups excluding tert-OH is 3. The van der Waals surface area contributed by atoms with Crippen LogP contribution >= 0.6 is 7.82 Å². The number of esters is 2. The minimum Gasteiger partial charge on any atom is -0.462 e. The number of unbranched alkanes of at least 4 members (excludes halogenated alkanes) is 5. The molecule has 12 heteroatoms. The molecule has 0 saturated heterocycles. The Kier molecular flexibility index (Phi) is 27.2. The van der Waals surface area contributed by atoms with E-state index >= 15 is 0 Å². The maximum absolute atomic E-state index is 12.3. The zero-order valence-corrected chi connectivity index (χ0v) is 29.3. The van der Waals surface area contributed by atoms with Gasteiger partial charge in [0.05, 0.1) is 24.9 Å². The maximum Gasteiger partial charge on any atom is 0.469 e. The fourth-order valence-electron chi connectivity index (χ4n) is 4.19. The number of hydrogen-bond donors (Lipinski definition) is 5. The highest BCUT2D eigenvalue weighted by Crippen LogP contribution is 2.36. The lowest BCUT2D eigenvalue weighted by Gasteiger charge is -2.18. The van der Waals surface area contributed by atoms with Crippen molar-refractivity contribution in [3.05, 3.63) is 60.8 Å². The average molecular weight is 687 g/mol. The molecule has 0 heterocycles. The van der Waals surface area contributed by atoms with E-state index in [1.165, 1.54) is 18.9 Å². The van der Waals surface area contributed by atoms with E-state index in [-0.39, 0.29) is 25.7 Å². The predicted octanol–water partition coefficient (Wildman–Crippen LogP) is 6.16. The van der Waals surface area contributed by atoms with Crippen LogP contribution in [0.4, 0.5) is 0 Å². The summed E-state index contributed by atoms with van der Waals surface area (Å²) in [5, 5.41) is 30.1. The van der Waals surface area contributed by atoms with E-state index in [0.29, 0.717) is 18.8 Å². The molecule has 5 N–H and O–H groups in total. The highest BCUT2D eigenvalue weighted by Gasteiger charge is 2.23. The summed E-state index contributed by atoms with van der Waals surface area (Å²) in [7, 11) is -4.83. The van der Waals surface area contributed by atoms with Crippen molar-refractivity contribution in [3.8, 4) is 0 Å². The Morgan fingerprint density at radius 1 is 0.723 bits per heavy atom. The molecular weight excluding hydrogens is 627 g/mol. The van der Waals surface area contributed by atoms with Crippen molar-refractivity contribution in [2.24, 2.45) is 5.92 Å². The van der Waals surface area contributed by atoms with Crippen LogP contribution in [0.25, 0.3) is 0 Å². The van der Waals surface area contributed by atoms with Gasteiger partial charge in [0.1, 0.15) is 6.61 Å². The molecule has 0 aliphatic heterocycles. The summed E-state index contributed by atoms with van der Waals surface area (Å²) in [6.45, 7) is 5.35. The number of phosphoric acid groups is 1. The van der Waals surface area contributed by atoms with E-state index in [1.54, 1.807) is 42.5 Å². The van der Waals surface area contributed by atoms with Gasteiger partial charge in [-0.05, 0) is 38.0 Å². The molecule has 270 valence electrons. The summed E-state index contributed by atoms with van der Waals surface area (Å²) in [6, 6.07) is 0. The quantitative estimate of drug-likeness (QED) is 0.0209. The molecule has 0 rings (SSSR count). The number of carbonyl (C=O) groups is 2. The Balaban J connectivity index is 4.42. The van der Waals surface area contributed by atoms with Crippen molar-refractivity contribution in [1.82, 2.24) is 0 Å². The van der Waals surface area contributed by atoms with Crippen LogP contribution in [0.5, 0.6) is 0 Å². The summed E-state index contributed by atoms with van der Waals surface area (Å²) >= 11 is 0. The van der Waals surface area contributed by atoms with Gasteiger partial charge < -0.3 is 34.6 Å². The Hall–Kier alpha value is -2.37. The van der Waals surface area contributed by atoms with Gasteiger partial charge in [-0.2, -0.15) is 0 Å². The van der Waals surface area contributed by atoms with Crippen molar-refractivity contribution < 1.29 is 53.3 Å². The fraction of sp³-hybridized carbons (Fsp3) is 0.657. The Labute approximate surface area is 281 Å². The lowest BCUT2D eigenvalue weighted by atomic mass is 10.0. The van der Waals surface area contributed by atoms with Crippen molar-refractivity contribution in [2.45, 2.75) is 129 Å². The zero-order chi connectivity index (χ0) is 35.3. The van der Waals surface area contributed by atoms with Crippen molar-refractivity contribution in [1.29, 1.82) is 0 Å². The molecule has 0 saturated carbocycles. The van der Waals surface area contributed by atoms with Gasteiger partial charge in [0.25, 0.3) is 0 Å². The van der Waals surface area contributed by atoms with E-state index in [0.717, 1.165) is 32.1 Å². The summed E-state index contributed by atoms with van der Waals surface area (Å²) < 4.78 is 26.0. The van der Waals surface area contributed by atoms with Gasteiger partial charge in [0, 0.05) is 12.8 Å². The van der Waals surface area contributed by atoms with Crippen LogP contribution in [0.3, 0.4) is 0 Å². The molecule has 0 aliphatic carbocycles. The SMILES string of the molecule is CC/C=C\C[C@@H](O)/C=C/C=C/C=C\C=C/[C@H](O)[C@@H](O)CCCC(=O)OC[C@H](COP(=O)(O)O)OC(=O)CCCCCCCCC(C)C. The van der Waals surface area contributed by atoms with Gasteiger partial charge in [-0.3, -0.25) is 14.1 Å². The zero-order valence-electron chi connectivity index (χ0n) is 28.4. The van der Waals surface area contributed by atoms with E-state index in [9.17, 15) is 29.5 Å². The van der Waals surface area contributed by atoms with Crippen molar-refractivity contribution in [3.63, 3.8) is 0 Å². The highest BCUT2D eigenvalue weighted by molar-refractivity contribution is 7.46. The predicted molar refractivity (Wildman–Crippen MR) is 183 cm³/mol. The Morgan fingerprint density at radius 2 is 1.32 bits per heavy atom. The van der Waals surface area contributed by atoms with Crippen LogP contribution < -0.4 is 0 Å². The third-order valence-corrected chi connectivity index (χ3v) is 7.31. The molecule has 0 amide bonds. The van der Waals surface area contributed by atoms with Gasteiger partial charge in [-0.15, -0.1) is 0 Å². The minimum absolute atomic E-state index is 0.0908. The molecule has 0 radical (unpaired) electrons. The molecule has 0 bridgehead atoms. The van der Waals surface area contributed by atoms with Crippen LogP contribution in [-0.4, -0.2) is 74.7 Å². The smallest absolute Gasteiger partial charge is 0.462 e. The summed E-state index contributed by atoms with van der Waals surface area (Å²) in [5.74, 6) is -0.534. The number of rotatable bonds is 28. The number of carbonyl (C=O) groups excluding carboxylic acids is 2. The first kappa shape index (κ1) is 44.6. The van der Waals surface area contributed by atoms with Crippen LogP contribution in [0.15, 0.2) is 60.8 Å². The van der Waals surface area contributed by atoms with Crippen LogP contribution in [0, 0.1) is 5.92 Å². The van der Waals surface area contributed by atoms with E-state index in [4.69, 9.17) is 19.3 Å². The highest BCUT2D eigenvalue weighted by atomic mass is 31.2. The lowest BCUT2D eigenvalue weighted by Crippen LogP contribution is -2.29. The number of ether oxygens (including phenoxy) is 2. The third kappa shape index (κ3) is 30.7.